The topological polar surface area (TPSA) is 64.3 Å². The molecule has 0 aliphatic carbocycles. The molecule has 20 heavy (non-hydrogen) atoms. The van der Waals surface area contributed by atoms with Gasteiger partial charge in [-0.2, -0.15) is 0 Å². The Morgan fingerprint density at radius 3 is 2.90 bits per heavy atom. The van der Waals surface area contributed by atoms with Crippen molar-refractivity contribution in [1.82, 2.24) is 10.2 Å². The molecule has 0 aliphatic rings. The Bertz CT molecular complexity index is 545. The molecule has 5 nitrogen and oxygen atoms in total. The van der Waals surface area contributed by atoms with Crippen LogP contribution in [-0.2, 0) is 6.54 Å². The number of anilines is 1. The number of aromatic nitrogens is 2. The molecule has 0 fully saturated rings. The maximum Gasteiger partial charge on any atom is 0.208 e. The lowest BCUT2D eigenvalue weighted by molar-refractivity contribution is 0.343. The van der Waals surface area contributed by atoms with Gasteiger partial charge in [0, 0.05) is 26.4 Å². The molecule has 0 bridgehead atoms. The Morgan fingerprint density at radius 1 is 1.35 bits per heavy atom. The highest BCUT2D eigenvalue weighted by atomic mass is 32.2. The van der Waals surface area contributed by atoms with E-state index in [1.165, 1.54) is 0 Å². The highest BCUT2D eigenvalue weighted by Crippen LogP contribution is 2.26. The first-order valence-corrected chi connectivity index (χ1v) is 8.04. The molecule has 2 rings (SSSR count). The molecule has 108 valence electrons. The van der Waals surface area contributed by atoms with Gasteiger partial charge in [-0.05, 0) is 17.7 Å². The molecule has 1 aromatic heterocycles. The summed E-state index contributed by atoms with van der Waals surface area (Å²) in [6.45, 7) is 1.17. The normalized spacial score (nSPS) is 10.6. The van der Waals surface area contributed by atoms with Crippen molar-refractivity contribution in [1.29, 1.82) is 0 Å². The largest absolute Gasteiger partial charge is 0.493 e. The number of nitrogens with two attached hydrogens (primary N) is 1. The molecular weight excluding hydrogens is 292 g/mol. The SMILES string of the molecule is CN(C)c1nnc(SCCOc2cccc(CN)c2)s1. The van der Waals surface area contributed by atoms with Crippen LogP contribution in [0.25, 0.3) is 0 Å². The number of thioether (sulfide) groups is 1. The van der Waals surface area contributed by atoms with E-state index in [-0.39, 0.29) is 0 Å². The molecule has 2 aromatic rings. The molecule has 0 saturated carbocycles. The van der Waals surface area contributed by atoms with Gasteiger partial charge < -0.3 is 15.4 Å². The van der Waals surface area contributed by atoms with E-state index in [1.807, 2.05) is 43.3 Å². The summed E-state index contributed by atoms with van der Waals surface area (Å²) >= 11 is 3.24. The summed E-state index contributed by atoms with van der Waals surface area (Å²) in [7, 11) is 3.92. The first-order chi connectivity index (χ1) is 9.69. The van der Waals surface area contributed by atoms with Crippen LogP contribution in [0.3, 0.4) is 0 Å². The van der Waals surface area contributed by atoms with E-state index < -0.39 is 0 Å². The minimum absolute atomic E-state index is 0.532. The van der Waals surface area contributed by atoms with Gasteiger partial charge in [0.25, 0.3) is 0 Å². The lowest BCUT2D eigenvalue weighted by atomic mass is 10.2. The Morgan fingerprint density at radius 2 is 2.20 bits per heavy atom. The molecule has 0 saturated heterocycles. The van der Waals surface area contributed by atoms with Crippen molar-refractivity contribution in [3.05, 3.63) is 29.8 Å². The van der Waals surface area contributed by atoms with Gasteiger partial charge in [-0.15, -0.1) is 10.2 Å². The van der Waals surface area contributed by atoms with Crippen molar-refractivity contribution in [3.8, 4) is 5.75 Å². The Hall–Kier alpha value is -1.31. The van der Waals surface area contributed by atoms with Gasteiger partial charge in [0.05, 0.1) is 6.61 Å². The second-order valence-electron chi connectivity index (χ2n) is 4.29. The number of nitrogens with zero attached hydrogens (tertiary/aromatic N) is 3. The Kier molecular flexibility index (Phi) is 5.63. The molecule has 0 atom stereocenters. The van der Waals surface area contributed by atoms with Crippen LogP contribution in [0.2, 0.25) is 0 Å². The van der Waals surface area contributed by atoms with Crippen LogP contribution in [0.1, 0.15) is 5.56 Å². The predicted octanol–water partition coefficient (Wildman–Crippen LogP) is 2.23. The van der Waals surface area contributed by atoms with Gasteiger partial charge in [-0.25, -0.2) is 0 Å². The molecule has 0 spiro atoms. The van der Waals surface area contributed by atoms with E-state index >= 15 is 0 Å². The average Bonchev–Trinajstić information content (AvgIpc) is 2.93. The lowest BCUT2D eigenvalue weighted by Crippen LogP contribution is -2.07. The molecular formula is C13H18N4OS2. The summed E-state index contributed by atoms with van der Waals surface area (Å²) in [4.78, 5) is 1.95. The number of ether oxygens (including phenoxy) is 1. The standard InChI is InChI=1S/C13H18N4OS2/c1-17(2)12-15-16-13(20-12)19-7-6-18-11-5-3-4-10(8-11)9-14/h3-5,8H,6-7,9,14H2,1-2H3. The molecule has 1 heterocycles. The molecule has 7 heteroatoms. The third-order valence-electron chi connectivity index (χ3n) is 2.49. The second-order valence-corrected chi connectivity index (χ2v) is 6.59. The van der Waals surface area contributed by atoms with Gasteiger partial charge in [-0.1, -0.05) is 35.2 Å². The van der Waals surface area contributed by atoms with Crippen molar-refractivity contribution in [2.24, 2.45) is 5.73 Å². The van der Waals surface area contributed by atoms with E-state index in [9.17, 15) is 0 Å². The van der Waals surface area contributed by atoms with Gasteiger partial charge >= 0.3 is 0 Å². The average molecular weight is 310 g/mol. The summed E-state index contributed by atoms with van der Waals surface area (Å²) < 4.78 is 6.66. The highest BCUT2D eigenvalue weighted by Gasteiger charge is 2.06. The maximum atomic E-state index is 5.69. The first kappa shape index (κ1) is 15.1. The number of rotatable bonds is 7. The van der Waals surface area contributed by atoms with Gasteiger partial charge in [0.2, 0.25) is 5.13 Å². The van der Waals surface area contributed by atoms with Crippen LogP contribution in [0, 0.1) is 0 Å². The minimum atomic E-state index is 0.532. The fourth-order valence-electron chi connectivity index (χ4n) is 1.49. The molecule has 0 aliphatic heterocycles. The van der Waals surface area contributed by atoms with Crippen molar-refractivity contribution in [3.63, 3.8) is 0 Å². The van der Waals surface area contributed by atoms with Crippen LogP contribution in [0.15, 0.2) is 28.6 Å². The number of hydrogen-bond donors (Lipinski definition) is 1. The Balaban J connectivity index is 1.75. The monoisotopic (exact) mass is 310 g/mol. The molecule has 0 unspecified atom stereocenters. The zero-order chi connectivity index (χ0) is 14.4. The number of benzene rings is 1. The third-order valence-corrected chi connectivity index (χ3v) is 4.68. The fraction of sp³-hybridized carbons (Fsp3) is 0.385. The van der Waals surface area contributed by atoms with Crippen LogP contribution >= 0.6 is 23.1 Å². The van der Waals surface area contributed by atoms with E-state index in [4.69, 9.17) is 10.5 Å². The van der Waals surface area contributed by atoms with Crippen LogP contribution in [0.4, 0.5) is 5.13 Å². The van der Waals surface area contributed by atoms with E-state index in [0.717, 1.165) is 26.5 Å². The molecule has 1 aromatic carbocycles. The van der Waals surface area contributed by atoms with E-state index in [0.29, 0.717) is 13.2 Å². The van der Waals surface area contributed by atoms with Crippen molar-refractivity contribution < 1.29 is 4.74 Å². The zero-order valence-corrected chi connectivity index (χ0v) is 13.2. The summed E-state index contributed by atoms with van der Waals surface area (Å²) in [6.07, 6.45) is 0. The molecule has 0 amide bonds. The quantitative estimate of drug-likeness (QED) is 0.625. The lowest BCUT2D eigenvalue weighted by Gasteiger charge is -2.06. The number of hydrogen-bond acceptors (Lipinski definition) is 7. The summed E-state index contributed by atoms with van der Waals surface area (Å²) in [6, 6.07) is 7.86. The smallest absolute Gasteiger partial charge is 0.208 e. The summed E-state index contributed by atoms with van der Waals surface area (Å²) in [5, 5.41) is 9.14. The van der Waals surface area contributed by atoms with E-state index in [1.54, 1.807) is 23.1 Å². The third kappa shape index (κ3) is 4.36. The van der Waals surface area contributed by atoms with E-state index in [2.05, 4.69) is 10.2 Å². The van der Waals surface area contributed by atoms with Gasteiger partial charge in [0.15, 0.2) is 4.34 Å². The first-order valence-electron chi connectivity index (χ1n) is 6.24. The van der Waals surface area contributed by atoms with Gasteiger partial charge in [0.1, 0.15) is 5.75 Å². The van der Waals surface area contributed by atoms with Gasteiger partial charge in [-0.3, -0.25) is 0 Å². The predicted molar refractivity (Wildman–Crippen MR) is 84.8 cm³/mol. The molecule has 0 radical (unpaired) electrons. The van der Waals surface area contributed by atoms with Crippen molar-refractivity contribution >= 4 is 28.2 Å². The summed E-state index contributed by atoms with van der Waals surface area (Å²) in [5.74, 6) is 1.70. The minimum Gasteiger partial charge on any atom is -0.493 e. The van der Waals surface area contributed by atoms with Crippen molar-refractivity contribution in [2.45, 2.75) is 10.9 Å². The fourth-order valence-corrected chi connectivity index (χ4v) is 3.14. The van der Waals surface area contributed by atoms with Crippen molar-refractivity contribution in [2.75, 3.05) is 31.4 Å². The highest BCUT2D eigenvalue weighted by molar-refractivity contribution is 8.01. The zero-order valence-electron chi connectivity index (χ0n) is 11.6. The Labute approximate surface area is 127 Å². The second kappa shape index (κ2) is 7.47. The maximum absolute atomic E-state index is 5.69. The van der Waals surface area contributed by atoms with Crippen LogP contribution in [-0.4, -0.2) is 36.7 Å². The molecule has 2 N–H and O–H groups in total. The summed E-state index contributed by atoms with van der Waals surface area (Å²) in [5.41, 5.74) is 6.68. The van der Waals surface area contributed by atoms with Crippen LogP contribution in [0.5, 0.6) is 5.75 Å². The van der Waals surface area contributed by atoms with Crippen LogP contribution < -0.4 is 15.4 Å².